The molecule has 0 saturated carbocycles. The van der Waals surface area contributed by atoms with Gasteiger partial charge in [-0.05, 0) is 31.9 Å². The van der Waals surface area contributed by atoms with Crippen LogP contribution in [0.15, 0.2) is 0 Å². The van der Waals surface area contributed by atoms with E-state index in [4.69, 9.17) is 5.11 Å². The molecule has 0 spiro atoms. The Hall–Kier alpha value is 1.43. The molecule has 3 nitrogen and oxygen atoms in total. The first-order chi connectivity index (χ1) is 4.77. The van der Waals surface area contributed by atoms with Crippen molar-refractivity contribution in [2.45, 2.75) is 9.90 Å². The summed E-state index contributed by atoms with van der Waals surface area (Å²) >= 11 is 6.31. The average molecular weight is 412 g/mol. The van der Waals surface area contributed by atoms with Crippen molar-refractivity contribution in [1.82, 2.24) is 0 Å². The van der Waals surface area contributed by atoms with E-state index in [9.17, 15) is 8.78 Å². The zero-order chi connectivity index (χ0) is 9.12. The molecule has 0 bridgehead atoms. The highest BCUT2D eigenvalue weighted by atomic mass is 127. The van der Waals surface area contributed by atoms with Crippen molar-refractivity contribution in [3.63, 3.8) is 0 Å². The topological polar surface area (TPSA) is 38.7 Å². The van der Waals surface area contributed by atoms with Crippen LogP contribution in [0.25, 0.3) is 0 Å². The van der Waals surface area contributed by atoms with Crippen LogP contribution in [0, 0.1) is 0 Å². The van der Waals surface area contributed by atoms with E-state index >= 15 is 0 Å². The van der Waals surface area contributed by atoms with Crippen molar-refractivity contribution in [2.24, 2.45) is 0 Å². The maximum atomic E-state index is 12.3. The maximum absolute atomic E-state index is 12.3. The molecule has 0 atom stereocenters. The van der Waals surface area contributed by atoms with Gasteiger partial charge in [-0.1, -0.05) is 22.6 Å². The van der Waals surface area contributed by atoms with E-state index in [-0.39, 0.29) is 4.61 Å². The summed E-state index contributed by atoms with van der Waals surface area (Å²) < 4.78 is 29.5. The molecule has 0 aromatic heterocycles. The molecular formula is C3H3Br2F2IO3. The summed E-state index contributed by atoms with van der Waals surface area (Å²) in [6, 6.07) is 0. The van der Waals surface area contributed by atoms with E-state index in [0.29, 0.717) is 0 Å². The number of hydrogen-bond donors (Lipinski definition) is 1. The van der Waals surface area contributed by atoms with E-state index in [1.54, 1.807) is 22.6 Å². The van der Waals surface area contributed by atoms with Crippen LogP contribution in [0.4, 0.5) is 8.78 Å². The third kappa shape index (κ3) is 7.78. The Morgan fingerprint density at radius 2 is 1.91 bits per heavy atom. The van der Waals surface area contributed by atoms with Gasteiger partial charge in [0.15, 0.2) is 0 Å². The Morgan fingerprint density at radius 1 is 1.45 bits per heavy atom. The number of hydrogen-bond acceptors (Lipinski definition) is 3. The SMILES string of the molecule is OC(Br)(Br)OC(F)(F)OCI. The van der Waals surface area contributed by atoms with Crippen molar-refractivity contribution in [3.8, 4) is 0 Å². The first-order valence-electron chi connectivity index (χ1n) is 2.15. The molecule has 0 aliphatic rings. The van der Waals surface area contributed by atoms with Gasteiger partial charge in [-0.15, -0.1) is 8.78 Å². The lowest BCUT2D eigenvalue weighted by Gasteiger charge is -2.20. The molecule has 8 heteroatoms. The monoisotopic (exact) mass is 410 g/mol. The summed E-state index contributed by atoms with van der Waals surface area (Å²) in [4.78, 5) is 0. The molecule has 0 aliphatic heterocycles. The summed E-state index contributed by atoms with van der Waals surface area (Å²) in [5, 5.41) is 8.63. The Kier molecular flexibility index (Phi) is 5.20. The highest BCUT2D eigenvalue weighted by molar-refractivity contribution is 14.1. The van der Waals surface area contributed by atoms with Gasteiger partial charge in [0.1, 0.15) is 4.61 Å². The molecule has 0 fully saturated rings. The van der Waals surface area contributed by atoms with Crippen molar-refractivity contribution < 1.29 is 23.4 Å². The van der Waals surface area contributed by atoms with E-state index in [0.717, 1.165) is 0 Å². The Morgan fingerprint density at radius 3 is 2.18 bits per heavy atom. The van der Waals surface area contributed by atoms with Crippen LogP contribution in [0.2, 0.25) is 0 Å². The van der Waals surface area contributed by atoms with E-state index in [1.165, 1.54) is 0 Å². The van der Waals surface area contributed by atoms with Crippen molar-refractivity contribution in [1.29, 1.82) is 0 Å². The van der Waals surface area contributed by atoms with Crippen molar-refractivity contribution >= 4 is 54.5 Å². The lowest BCUT2D eigenvalue weighted by atomic mass is 11.2. The predicted octanol–water partition coefficient (Wildman–Crippen LogP) is 2.36. The van der Waals surface area contributed by atoms with Gasteiger partial charge >= 0.3 is 6.29 Å². The normalized spacial score (nSPS) is 13.6. The second kappa shape index (κ2) is 4.61. The minimum Gasteiger partial charge on any atom is -0.348 e. The molecule has 68 valence electrons. The van der Waals surface area contributed by atoms with E-state index < -0.39 is 9.90 Å². The molecule has 0 rings (SSSR count). The van der Waals surface area contributed by atoms with Gasteiger partial charge in [-0.25, -0.2) is 4.74 Å². The molecule has 1 N–H and O–H groups in total. The fourth-order valence-corrected chi connectivity index (χ4v) is 0.975. The molecule has 0 amide bonds. The average Bonchev–Trinajstić information content (AvgIpc) is 1.55. The van der Waals surface area contributed by atoms with Crippen LogP contribution < -0.4 is 0 Å². The quantitative estimate of drug-likeness (QED) is 0.438. The number of aliphatic hydroxyl groups is 1. The molecule has 0 heterocycles. The lowest BCUT2D eigenvalue weighted by molar-refractivity contribution is -0.410. The standard InChI is InChI=1S/C3H3Br2F2IO3/c4-2(5,9)11-3(6,7)10-1-8/h9H,1H2. The number of rotatable bonds is 4. The molecule has 0 aromatic carbocycles. The number of halogens is 5. The van der Waals surface area contributed by atoms with Gasteiger partial charge in [-0.3, -0.25) is 4.74 Å². The first-order valence-corrected chi connectivity index (χ1v) is 5.26. The molecule has 0 unspecified atom stereocenters. The first kappa shape index (κ1) is 12.4. The van der Waals surface area contributed by atoms with Crippen LogP contribution in [0.3, 0.4) is 0 Å². The minimum absolute atomic E-state index is 0.249. The number of ether oxygens (including phenoxy) is 2. The van der Waals surface area contributed by atoms with Gasteiger partial charge < -0.3 is 5.11 Å². The lowest BCUT2D eigenvalue weighted by Crippen LogP contribution is -2.32. The fraction of sp³-hybridized carbons (Fsp3) is 1.00. The summed E-state index contributed by atoms with van der Waals surface area (Å²) in [6.07, 6.45) is -3.82. The van der Waals surface area contributed by atoms with Gasteiger partial charge in [-0.2, -0.15) is 0 Å². The predicted molar refractivity (Wildman–Crippen MR) is 48.8 cm³/mol. The second-order valence-corrected chi connectivity index (χ2v) is 5.14. The second-order valence-electron chi connectivity index (χ2n) is 1.30. The van der Waals surface area contributed by atoms with Crippen LogP contribution in [0.5, 0.6) is 0 Å². The number of alkyl halides is 5. The Labute approximate surface area is 91.8 Å². The molecule has 0 saturated heterocycles. The van der Waals surface area contributed by atoms with Gasteiger partial charge in [0.05, 0.1) is 0 Å². The van der Waals surface area contributed by atoms with Crippen molar-refractivity contribution in [3.05, 3.63) is 0 Å². The zero-order valence-electron chi connectivity index (χ0n) is 4.86. The third-order valence-electron chi connectivity index (χ3n) is 0.464. The molecule has 0 aliphatic carbocycles. The smallest absolute Gasteiger partial charge is 0.348 e. The van der Waals surface area contributed by atoms with Crippen LogP contribution in [-0.4, -0.2) is 19.6 Å². The van der Waals surface area contributed by atoms with Crippen LogP contribution >= 0.6 is 54.5 Å². The van der Waals surface area contributed by atoms with Crippen LogP contribution in [0.1, 0.15) is 0 Å². The van der Waals surface area contributed by atoms with E-state index in [1.807, 2.05) is 0 Å². The zero-order valence-corrected chi connectivity index (χ0v) is 10.2. The summed E-state index contributed by atoms with van der Waals surface area (Å²) in [7, 11) is 0. The summed E-state index contributed by atoms with van der Waals surface area (Å²) in [5.74, 6) is 0. The minimum atomic E-state index is -3.82. The third-order valence-corrected chi connectivity index (χ3v) is 1.10. The highest BCUT2D eigenvalue weighted by Gasteiger charge is 2.40. The van der Waals surface area contributed by atoms with Gasteiger partial charge in [0.25, 0.3) is 3.61 Å². The maximum Gasteiger partial charge on any atom is 0.490 e. The Balaban J connectivity index is 3.91. The molecule has 0 aromatic rings. The molecule has 0 radical (unpaired) electrons. The van der Waals surface area contributed by atoms with E-state index in [2.05, 4.69) is 41.3 Å². The van der Waals surface area contributed by atoms with Gasteiger partial charge in [0.2, 0.25) is 0 Å². The summed E-state index contributed by atoms with van der Waals surface area (Å²) in [5.41, 5.74) is 0. The summed E-state index contributed by atoms with van der Waals surface area (Å²) in [6.45, 7) is 0. The Bertz CT molecular complexity index is 128. The highest BCUT2D eigenvalue weighted by Crippen LogP contribution is 2.32. The van der Waals surface area contributed by atoms with Gasteiger partial charge in [0, 0.05) is 0 Å². The molecule has 11 heavy (non-hydrogen) atoms. The molecular weight excluding hydrogens is 409 g/mol. The largest absolute Gasteiger partial charge is 0.490 e. The van der Waals surface area contributed by atoms with Crippen molar-refractivity contribution in [2.75, 3.05) is 4.61 Å². The van der Waals surface area contributed by atoms with Crippen LogP contribution in [-0.2, 0) is 9.47 Å². The fourth-order valence-electron chi connectivity index (χ4n) is 0.236.